The van der Waals surface area contributed by atoms with Gasteiger partial charge in [0.25, 0.3) is 0 Å². The fourth-order valence-corrected chi connectivity index (χ4v) is 2.53. The third kappa shape index (κ3) is 2.65. The van der Waals surface area contributed by atoms with Crippen LogP contribution in [-0.4, -0.2) is 23.4 Å². The summed E-state index contributed by atoms with van der Waals surface area (Å²) >= 11 is 3.18. The number of ketones is 1. The molecule has 2 heterocycles. The Balaban J connectivity index is 2.32. The predicted molar refractivity (Wildman–Crippen MR) is 67.6 cm³/mol. The molecule has 1 aliphatic rings. The second-order valence-corrected chi connectivity index (χ2v) is 5.19. The van der Waals surface area contributed by atoms with Crippen LogP contribution in [0.3, 0.4) is 0 Å². The van der Waals surface area contributed by atoms with Crippen molar-refractivity contribution in [3.05, 3.63) is 22.6 Å². The van der Waals surface area contributed by atoms with Gasteiger partial charge in [-0.15, -0.1) is 0 Å². The van der Waals surface area contributed by atoms with E-state index in [-0.39, 0.29) is 23.5 Å². The molecule has 5 heteroatoms. The number of halogens is 2. The Labute approximate surface area is 108 Å². The molecule has 0 radical (unpaired) electrons. The standard InChI is InChI=1S/C12H14BrFN2O/c1-8(17)11-4-2-3-5-16(11)12-10(14)6-9(13)7-15-12/h6-7,11H,2-5H2,1H3. The molecule has 0 saturated carbocycles. The molecule has 0 spiro atoms. The highest BCUT2D eigenvalue weighted by molar-refractivity contribution is 9.10. The van der Waals surface area contributed by atoms with Crippen molar-refractivity contribution >= 4 is 27.5 Å². The lowest BCUT2D eigenvalue weighted by atomic mass is 9.99. The predicted octanol–water partition coefficient (Wildman–Crippen LogP) is 2.93. The number of rotatable bonds is 2. The van der Waals surface area contributed by atoms with Crippen LogP contribution in [-0.2, 0) is 4.79 Å². The Morgan fingerprint density at radius 1 is 1.59 bits per heavy atom. The Hall–Kier alpha value is -0.970. The number of aromatic nitrogens is 1. The third-order valence-electron chi connectivity index (χ3n) is 3.03. The lowest BCUT2D eigenvalue weighted by Crippen LogP contribution is -2.44. The summed E-state index contributed by atoms with van der Waals surface area (Å²) in [6.07, 6.45) is 4.33. The van der Waals surface area contributed by atoms with Crippen LogP contribution in [0.4, 0.5) is 10.2 Å². The van der Waals surface area contributed by atoms with Gasteiger partial charge in [0.2, 0.25) is 0 Å². The Kier molecular flexibility index (Phi) is 3.76. The normalized spacial score (nSPS) is 20.4. The molecule has 3 nitrogen and oxygen atoms in total. The molecule has 0 amide bonds. The highest BCUT2D eigenvalue weighted by Gasteiger charge is 2.28. The van der Waals surface area contributed by atoms with E-state index in [1.54, 1.807) is 18.0 Å². The molecule has 2 rings (SSSR count). The van der Waals surface area contributed by atoms with Crippen LogP contribution in [0, 0.1) is 5.82 Å². The minimum Gasteiger partial charge on any atom is -0.344 e. The maximum Gasteiger partial charge on any atom is 0.166 e. The van der Waals surface area contributed by atoms with Gasteiger partial charge in [-0.2, -0.15) is 0 Å². The minimum atomic E-state index is -0.382. The third-order valence-corrected chi connectivity index (χ3v) is 3.47. The number of anilines is 1. The van der Waals surface area contributed by atoms with Crippen molar-refractivity contribution < 1.29 is 9.18 Å². The van der Waals surface area contributed by atoms with Gasteiger partial charge >= 0.3 is 0 Å². The van der Waals surface area contributed by atoms with Gasteiger partial charge in [0.15, 0.2) is 17.4 Å². The van der Waals surface area contributed by atoms with Crippen molar-refractivity contribution in [1.29, 1.82) is 0 Å². The number of pyridine rings is 1. The van der Waals surface area contributed by atoms with Crippen molar-refractivity contribution in [2.45, 2.75) is 32.2 Å². The van der Waals surface area contributed by atoms with E-state index in [0.29, 0.717) is 11.0 Å². The molecule has 0 aliphatic carbocycles. The van der Waals surface area contributed by atoms with Gasteiger partial charge in [-0.05, 0) is 48.2 Å². The van der Waals surface area contributed by atoms with Gasteiger partial charge in [0.1, 0.15) is 0 Å². The molecule has 1 fully saturated rings. The summed E-state index contributed by atoms with van der Waals surface area (Å²) in [6, 6.07) is 1.15. The van der Waals surface area contributed by atoms with E-state index in [1.807, 2.05) is 0 Å². The van der Waals surface area contributed by atoms with E-state index < -0.39 is 0 Å². The van der Waals surface area contributed by atoms with Crippen LogP contribution in [0.15, 0.2) is 16.7 Å². The highest BCUT2D eigenvalue weighted by atomic mass is 79.9. The average Bonchev–Trinajstić information content (AvgIpc) is 2.29. The zero-order valence-electron chi connectivity index (χ0n) is 9.62. The van der Waals surface area contributed by atoms with Crippen LogP contribution in [0.5, 0.6) is 0 Å². The van der Waals surface area contributed by atoms with Crippen molar-refractivity contribution in [3.8, 4) is 0 Å². The lowest BCUT2D eigenvalue weighted by Gasteiger charge is -2.35. The molecular weight excluding hydrogens is 287 g/mol. The van der Waals surface area contributed by atoms with Gasteiger partial charge in [-0.1, -0.05) is 0 Å². The summed E-state index contributed by atoms with van der Waals surface area (Å²) in [5.74, 6) is -0.0190. The van der Waals surface area contributed by atoms with Gasteiger partial charge in [0, 0.05) is 17.2 Å². The quantitative estimate of drug-likeness (QED) is 0.842. The Morgan fingerprint density at radius 2 is 2.35 bits per heavy atom. The molecule has 1 atom stereocenters. The summed E-state index contributed by atoms with van der Waals surface area (Å²) in [6.45, 7) is 2.25. The summed E-state index contributed by atoms with van der Waals surface area (Å²) in [5.41, 5.74) is 0. The number of hydrogen-bond donors (Lipinski definition) is 0. The lowest BCUT2D eigenvalue weighted by molar-refractivity contribution is -0.118. The molecule has 1 saturated heterocycles. The maximum atomic E-state index is 13.8. The molecule has 1 unspecified atom stereocenters. The van der Waals surface area contributed by atoms with Crippen molar-refractivity contribution in [2.75, 3.05) is 11.4 Å². The second kappa shape index (κ2) is 5.12. The van der Waals surface area contributed by atoms with E-state index in [9.17, 15) is 9.18 Å². The maximum absolute atomic E-state index is 13.8. The first-order chi connectivity index (χ1) is 8.09. The van der Waals surface area contributed by atoms with Crippen molar-refractivity contribution in [3.63, 3.8) is 0 Å². The van der Waals surface area contributed by atoms with Crippen LogP contribution in [0.25, 0.3) is 0 Å². The number of Topliss-reactive ketones (excluding diaryl/α,β-unsaturated/α-hetero) is 1. The first-order valence-corrected chi connectivity index (χ1v) is 6.47. The number of nitrogens with zero attached hydrogens (tertiary/aromatic N) is 2. The minimum absolute atomic E-state index is 0.0776. The number of piperidine rings is 1. The molecule has 1 aromatic heterocycles. The SMILES string of the molecule is CC(=O)C1CCCCN1c1ncc(Br)cc1F. The second-order valence-electron chi connectivity index (χ2n) is 4.27. The monoisotopic (exact) mass is 300 g/mol. The van der Waals surface area contributed by atoms with E-state index in [4.69, 9.17) is 0 Å². The van der Waals surface area contributed by atoms with Crippen LogP contribution < -0.4 is 4.90 Å². The molecule has 1 aromatic rings. The fourth-order valence-electron chi connectivity index (χ4n) is 2.23. The zero-order valence-corrected chi connectivity index (χ0v) is 11.2. The first-order valence-electron chi connectivity index (χ1n) is 5.67. The van der Waals surface area contributed by atoms with Gasteiger partial charge in [-0.3, -0.25) is 4.79 Å². The molecule has 17 heavy (non-hydrogen) atoms. The van der Waals surface area contributed by atoms with E-state index >= 15 is 0 Å². The highest BCUT2D eigenvalue weighted by Crippen LogP contribution is 2.27. The summed E-state index contributed by atoms with van der Waals surface area (Å²) in [4.78, 5) is 17.4. The topological polar surface area (TPSA) is 33.2 Å². The molecule has 0 N–H and O–H groups in total. The van der Waals surface area contributed by atoms with Crippen molar-refractivity contribution in [1.82, 2.24) is 4.98 Å². The largest absolute Gasteiger partial charge is 0.344 e. The number of hydrogen-bond acceptors (Lipinski definition) is 3. The Morgan fingerprint density at radius 3 is 3.00 bits per heavy atom. The fraction of sp³-hybridized carbons (Fsp3) is 0.500. The smallest absolute Gasteiger partial charge is 0.166 e. The zero-order chi connectivity index (χ0) is 12.4. The van der Waals surface area contributed by atoms with Gasteiger partial charge in [-0.25, -0.2) is 9.37 Å². The molecule has 1 aliphatic heterocycles. The Bertz CT molecular complexity index is 439. The van der Waals surface area contributed by atoms with Gasteiger partial charge in [0.05, 0.1) is 6.04 Å². The van der Waals surface area contributed by atoms with Crippen LogP contribution in [0.1, 0.15) is 26.2 Å². The van der Waals surface area contributed by atoms with E-state index in [0.717, 1.165) is 19.3 Å². The first kappa shape index (κ1) is 12.5. The summed E-state index contributed by atoms with van der Waals surface area (Å²) in [7, 11) is 0. The molecule has 92 valence electrons. The summed E-state index contributed by atoms with van der Waals surface area (Å²) < 4.78 is 14.4. The number of carbonyl (C=O) groups is 1. The molecular formula is C12H14BrFN2O. The number of carbonyl (C=O) groups excluding carboxylic acids is 1. The van der Waals surface area contributed by atoms with E-state index in [2.05, 4.69) is 20.9 Å². The molecule has 0 bridgehead atoms. The van der Waals surface area contributed by atoms with Crippen LogP contribution in [0.2, 0.25) is 0 Å². The average molecular weight is 301 g/mol. The van der Waals surface area contributed by atoms with E-state index in [1.165, 1.54) is 6.07 Å². The van der Waals surface area contributed by atoms with Crippen LogP contribution >= 0.6 is 15.9 Å². The van der Waals surface area contributed by atoms with Gasteiger partial charge < -0.3 is 4.90 Å². The summed E-state index contributed by atoms with van der Waals surface area (Å²) in [5, 5.41) is 0. The molecule has 0 aromatic carbocycles. The van der Waals surface area contributed by atoms with Crippen molar-refractivity contribution in [2.24, 2.45) is 0 Å².